The van der Waals surface area contributed by atoms with E-state index in [-0.39, 0.29) is 5.56 Å². The molecule has 0 fully saturated rings. The highest BCUT2D eigenvalue weighted by molar-refractivity contribution is 9.10. The second-order valence-electron chi connectivity index (χ2n) is 3.57. The van der Waals surface area contributed by atoms with Crippen LogP contribution in [0, 0.1) is 13.8 Å². The Hall–Kier alpha value is -1.69. The average Bonchev–Trinajstić information content (AvgIpc) is 2.55. The quantitative estimate of drug-likeness (QED) is 0.923. The molecule has 5 nitrogen and oxygen atoms in total. The monoisotopic (exact) mass is 295 g/mol. The molecular weight excluding hydrogens is 286 g/mol. The Morgan fingerprint density at radius 3 is 2.71 bits per heavy atom. The molecule has 2 heterocycles. The minimum Gasteiger partial charge on any atom is -0.478 e. The number of nitrogens with zero attached hydrogens (tertiary/aromatic N) is 3. The lowest BCUT2D eigenvalue weighted by molar-refractivity contribution is 0.0695. The Labute approximate surface area is 106 Å². The van der Waals surface area contributed by atoms with Gasteiger partial charge in [0.15, 0.2) is 5.82 Å². The summed E-state index contributed by atoms with van der Waals surface area (Å²) in [5.41, 5.74) is 1.27. The van der Waals surface area contributed by atoms with E-state index in [9.17, 15) is 4.79 Å². The van der Waals surface area contributed by atoms with Gasteiger partial charge in [0, 0.05) is 6.20 Å². The number of carboxylic acids is 1. The lowest BCUT2D eigenvalue weighted by Crippen LogP contribution is -2.04. The van der Waals surface area contributed by atoms with Crippen LogP contribution in [0.3, 0.4) is 0 Å². The summed E-state index contributed by atoms with van der Waals surface area (Å²) >= 11 is 3.37. The van der Waals surface area contributed by atoms with Crippen LogP contribution in [0.4, 0.5) is 0 Å². The fourth-order valence-electron chi connectivity index (χ4n) is 1.69. The van der Waals surface area contributed by atoms with Crippen molar-refractivity contribution in [3.8, 4) is 5.82 Å². The molecule has 0 unspecified atom stereocenters. The van der Waals surface area contributed by atoms with E-state index in [2.05, 4.69) is 26.0 Å². The second-order valence-corrected chi connectivity index (χ2v) is 4.43. The van der Waals surface area contributed by atoms with Crippen LogP contribution in [0.2, 0.25) is 0 Å². The maximum Gasteiger partial charge on any atom is 0.339 e. The lowest BCUT2D eigenvalue weighted by atomic mass is 10.2. The SMILES string of the molecule is Cc1nn(-c2ncccc2Br)c(C)c1C(=O)O. The Morgan fingerprint density at radius 1 is 1.47 bits per heavy atom. The first-order valence-corrected chi connectivity index (χ1v) is 5.72. The largest absolute Gasteiger partial charge is 0.478 e. The number of hydrogen-bond donors (Lipinski definition) is 1. The Balaban J connectivity index is 2.66. The molecule has 0 spiro atoms. The van der Waals surface area contributed by atoms with Gasteiger partial charge in [-0.05, 0) is 41.9 Å². The van der Waals surface area contributed by atoms with Crippen LogP contribution in [-0.2, 0) is 0 Å². The van der Waals surface area contributed by atoms with Crippen LogP contribution >= 0.6 is 15.9 Å². The van der Waals surface area contributed by atoms with Crippen molar-refractivity contribution in [1.29, 1.82) is 0 Å². The predicted molar refractivity (Wildman–Crippen MR) is 65.5 cm³/mol. The molecule has 0 aliphatic carbocycles. The summed E-state index contributed by atoms with van der Waals surface area (Å²) in [6.45, 7) is 3.38. The number of aryl methyl sites for hydroxylation is 1. The van der Waals surface area contributed by atoms with Gasteiger partial charge in [0.1, 0.15) is 5.56 Å². The van der Waals surface area contributed by atoms with Gasteiger partial charge >= 0.3 is 5.97 Å². The Bertz CT molecular complexity index is 592. The van der Waals surface area contributed by atoms with Gasteiger partial charge < -0.3 is 5.11 Å². The number of carbonyl (C=O) groups is 1. The minimum absolute atomic E-state index is 0.225. The molecule has 0 aromatic carbocycles. The molecule has 0 bridgehead atoms. The second kappa shape index (κ2) is 4.29. The summed E-state index contributed by atoms with van der Waals surface area (Å²) in [5.74, 6) is -0.390. The molecule has 0 saturated heterocycles. The molecule has 88 valence electrons. The van der Waals surface area contributed by atoms with Crippen LogP contribution < -0.4 is 0 Å². The molecule has 0 aliphatic rings. The number of hydrogen-bond acceptors (Lipinski definition) is 3. The summed E-state index contributed by atoms with van der Waals surface area (Å²) < 4.78 is 2.30. The van der Waals surface area contributed by atoms with E-state index in [0.29, 0.717) is 17.2 Å². The molecule has 6 heteroatoms. The molecular formula is C11H10BrN3O2. The van der Waals surface area contributed by atoms with E-state index >= 15 is 0 Å². The topological polar surface area (TPSA) is 68.0 Å². The van der Waals surface area contributed by atoms with Crippen LogP contribution in [0.5, 0.6) is 0 Å². The molecule has 0 amide bonds. The first-order valence-electron chi connectivity index (χ1n) is 4.92. The van der Waals surface area contributed by atoms with E-state index < -0.39 is 5.97 Å². The van der Waals surface area contributed by atoms with Crippen LogP contribution in [0.1, 0.15) is 21.7 Å². The van der Waals surface area contributed by atoms with Crippen molar-refractivity contribution in [1.82, 2.24) is 14.8 Å². The highest BCUT2D eigenvalue weighted by Crippen LogP contribution is 2.22. The van der Waals surface area contributed by atoms with Gasteiger partial charge in [0.25, 0.3) is 0 Å². The van der Waals surface area contributed by atoms with Crippen molar-refractivity contribution in [3.05, 3.63) is 39.8 Å². The highest BCUT2D eigenvalue weighted by atomic mass is 79.9. The van der Waals surface area contributed by atoms with Crippen molar-refractivity contribution in [3.63, 3.8) is 0 Å². The van der Waals surface area contributed by atoms with Gasteiger partial charge in [-0.3, -0.25) is 0 Å². The molecule has 0 radical (unpaired) electrons. The number of carboxylic acid groups (broad SMARTS) is 1. The molecule has 2 aromatic rings. The van der Waals surface area contributed by atoms with Crippen LogP contribution in [-0.4, -0.2) is 25.8 Å². The van der Waals surface area contributed by atoms with E-state index in [4.69, 9.17) is 5.11 Å². The zero-order valence-corrected chi connectivity index (χ0v) is 10.9. The summed E-state index contributed by atoms with van der Waals surface area (Å²) in [5, 5.41) is 13.3. The summed E-state index contributed by atoms with van der Waals surface area (Å²) in [6, 6.07) is 3.62. The third-order valence-corrected chi connectivity index (χ3v) is 3.06. The van der Waals surface area contributed by atoms with Gasteiger partial charge in [0.2, 0.25) is 0 Å². The smallest absolute Gasteiger partial charge is 0.339 e. The highest BCUT2D eigenvalue weighted by Gasteiger charge is 2.19. The van der Waals surface area contributed by atoms with Crippen molar-refractivity contribution < 1.29 is 9.90 Å². The van der Waals surface area contributed by atoms with Crippen molar-refractivity contribution >= 4 is 21.9 Å². The first-order chi connectivity index (χ1) is 8.02. The molecule has 1 N–H and O–H groups in total. The number of aromatic nitrogens is 3. The van der Waals surface area contributed by atoms with Gasteiger partial charge in [-0.25, -0.2) is 14.5 Å². The number of rotatable bonds is 2. The average molecular weight is 296 g/mol. The molecule has 0 saturated carbocycles. The summed E-state index contributed by atoms with van der Waals surface area (Å²) in [7, 11) is 0. The zero-order valence-electron chi connectivity index (χ0n) is 9.31. The molecule has 17 heavy (non-hydrogen) atoms. The molecule has 0 atom stereocenters. The number of halogens is 1. The van der Waals surface area contributed by atoms with E-state index in [0.717, 1.165) is 4.47 Å². The number of pyridine rings is 1. The minimum atomic E-state index is -0.974. The molecule has 2 rings (SSSR count). The third-order valence-electron chi connectivity index (χ3n) is 2.44. The summed E-state index contributed by atoms with van der Waals surface area (Å²) in [6.07, 6.45) is 1.64. The lowest BCUT2D eigenvalue weighted by Gasteiger charge is -2.05. The van der Waals surface area contributed by atoms with Crippen LogP contribution in [0.25, 0.3) is 5.82 Å². The normalized spacial score (nSPS) is 10.5. The van der Waals surface area contributed by atoms with E-state index in [1.807, 2.05) is 6.07 Å². The zero-order chi connectivity index (χ0) is 12.6. The van der Waals surface area contributed by atoms with Gasteiger partial charge in [-0.15, -0.1) is 0 Å². The predicted octanol–water partition coefficient (Wildman–Crippen LogP) is 2.34. The van der Waals surface area contributed by atoms with Crippen molar-refractivity contribution in [2.75, 3.05) is 0 Å². The number of aromatic carboxylic acids is 1. The summed E-state index contributed by atoms with van der Waals surface area (Å²) in [4.78, 5) is 15.3. The van der Waals surface area contributed by atoms with Crippen molar-refractivity contribution in [2.24, 2.45) is 0 Å². The maximum absolute atomic E-state index is 11.1. The molecule has 2 aromatic heterocycles. The molecule has 0 aliphatic heterocycles. The third kappa shape index (κ3) is 1.95. The standard InChI is InChI=1S/C11H10BrN3O2/c1-6-9(11(16)17)7(2)15(14-6)10-8(12)4-3-5-13-10/h3-5H,1-2H3,(H,16,17). The van der Waals surface area contributed by atoms with Gasteiger partial charge in [-0.1, -0.05) is 0 Å². The van der Waals surface area contributed by atoms with E-state index in [1.165, 1.54) is 4.68 Å². The van der Waals surface area contributed by atoms with Gasteiger partial charge in [-0.2, -0.15) is 5.10 Å². The van der Waals surface area contributed by atoms with Crippen LogP contribution in [0.15, 0.2) is 22.8 Å². The fraction of sp³-hybridized carbons (Fsp3) is 0.182. The van der Waals surface area contributed by atoms with Gasteiger partial charge in [0.05, 0.1) is 15.9 Å². The van der Waals surface area contributed by atoms with Crippen molar-refractivity contribution in [2.45, 2.75) is 13.8 Å². The Kier molecular flexibility index (Phi) is 2.97. The Morgan fingerprint density at radius 2 is 2.18 bits per heavy atom. The fourth-order valence-corrected chi connectivity index (χ4v) is 2.11. The maximum atomic E-state index is 11.1. The van der Waals surface area contributed by atoms with E-state index in [1.54, 1.807) is 26.1 Å². The first kappa shape index (κ1) is 11.8.